The van der Waals surface area contributed by atoms with Crippen molar-refractivity contribution in [3.63, 3.8) is 0 Å². The molecule has 1 aromatic carbocycles. The van der Waals surface area contributed by atoms with Gasteiger partial charge in [-0.15, -0.1) is 0 Å². The lowest BCUT2D eigenvalue weighted by Crippen LogP contribution is -2.39. The van der Waals surface area contributed by atoms with Crippen molar-refractivity contribution in [2.24, 2.45) is 5.41 Å². The van der Waals surface area contributed by atoms with Gasteiger partial charge in [0, 0.05) is 24.0 Å². The molecule has 3 aliphatic rings. The normalized spacial score (nSPS) is 27.1. The summed E-state index contributed by atoms with van der Waals surface area (Å²) in [5.74, 6) is 2.49. The second kappa shape index (κ2) is 7.02. The van der Waals surface area contributed by atoms with E-state index in [0.29, 0.717) is 30.6 Å². The number of aryl methyl sites for hydroxylation is 3. The summed E-state index contributed by atoms with van der Waals surface area (Å²) in [5, 5.41) is 0. The van der Waals surface area contributed by atoms with Crippen molar-refractivity contribution in [3.05, 3.63) is 52.3 Å². The molecule has 3 atom stereocenters. The van der Waals surface area contributed by atoms with Gasteiger partial charge in [0.2, 0.25) is 0 Å². The number of benzene rings is 1. The van der Waals surface area contributed by atoms with Gasteiger partial charge in [0.1, 0.15) is 13.2 Å². The van der Waals surface area contributed by atoms with Crippen molar-refractivity contribution >= 4 is 0 Å². The average Bonchev–Trinajstić information content (AvgIpc) is 3.39. The van der Waals surface area contributed by atoms with E-state index in [9.17, 15) is 0 Å². The number of pyridine rings is 1. The molecule has 3 heterocycles. The first-order chi connectivity index (χ1) is 13.9. The van der Waals surface area contributed by atoms with E-state index in [4.69, 9.17) is 9.47 Å². The van der Waals surface area contributed by atoms with E-state index in [-0.39, 0.29) is 0 Å². The lowest BCUT2D eigenvalue weighted by atomic mass is 9.88. The fourth-order valence-corrected chi connectivity index (χ4v) is 5.72. The van der Waals surface area contributed by atoms with Crippen LogP contribution in [0.2, 0.25) is 0 Å². The van der Waals surface area contributed by atoms with E-state index in [1.807, 2.05) is 0 Å². The molecule has 1 saturated carbocycles. The molecule has 0 N–H and O–H groups in total. The molecule has 1 aromatic heterocycles. The van der Waals surface area contributed by atoms with Crippen molar-refractivity contribution in [3.8, 4) is 11.5 Å². The number of aromatic nitrogens is 1. The third-order valence-corrected chi connectivity index (χ3v) is 7.26. The van der Waals surface area contributed by atoms with Gasteiger partial charge < -0.3 is 9.47 Å². The first-order valence-corrected chi connectivity index (χ1v) is 11.0. The highest BCUT2D eigenvalue weighted by atomic mass is 16.6. The molecule has 2 fully saturated rings. The van der Waals surface area contributed by atoms with Crippen LogP contribution in [-0.2, 0) is 0 Å². The van der Waals surface area contributed by atoms with Crippen LogP contribution < -0.4 is 9.47 Å². The number of hydrogen-bond acceptors (Lipinski definition) is 4. The molecule has 154 valence electrons. The molecule has 4 heteroatoms. The first-order valence-electron chi connectivity index (χ1n) is 11.0. The maximum Gasteiger partial charge on any atom is 0.161 e. The number of likely N-dealkylation sites (tertiary alicyclic amines) is 1. The lowest BCUT2D eigenvalue weighted by molar-refractivity contribution is 0.116. The Hall–Kier alpha value is -2.07. The van der Waals surface area contributed by atoms with Crippen molar-refractivity contribution in [2.45, 2.75) is 58.9 Å². The van der Waals surface area contributed by atoms with Gasteiger partial charge in [0.05, 0.1) is 0 Å². The summed E-state index contributed by atoms with van der Waals surface area (Å²) in [6, 6.07) is 9.38. The molecule has 0 amide bonds. The summed E-state index contributed by atoms with van der Waals surface area (Å²) >= 11 is 0. The molecule has 2 aromatic rings. The number of ether oxygens (including phenoxy) is 2. The molecular weight excluding hydrogens is 360 g/mol. The highest BCUT2D eigenvalue weighted by Gasteiger charge is 2.56. The van der Waals surface area contributed by atoms with Crippen LogP contribution in [0.4, 0.5) is 0 Å². The van der Waals surface area contributed by atoms with Crippen molar-refractivity contribution in [1.82, 2.24) is 9.88 Å². The fraction of sp³-hybridized carbons (Fsp3) is 0.560. The average molecular weight is 393 g/mol. The van der Waals surface area contributed by atoms with Crippen LogP contribution in [-0.4, -0.2) is 36.2 Å². The Kier molecular flexibility index (Phi) is 4.58. The van der Waals surface area contributed by atoms with Gasteiger partial charge >= 0.3 is 0 Å². The summed E-state index contributed by atoms with van der Waals surface area (Å²) < 4.78 is 11.6. The Morgan fingerprint density at radius 1 is 1.03 bits per heavy atom. The molecule has 2 unspecified atom stereocenters. The molecule has 1 spiro atoms. The second-order valence-corrected chi connectivity index (χ2v) is 9.40. The Balaban J connectivity index is 1.36. The maximum atomic E-state index is 5.86. The van der Waals surface area contributed by atoms with E-state index < -0.39 is 0 Å². The van der Waals surface area contributed by atoms with Crippen molar-refractivity contribution in [1.29, 1.82) is 0 Å². The Morgan fingerprint density at radius 2 is 1.72 bits per heavy atom. The van der Waals surface area contributed by atoms with Gasteiger partial charge in [-0.1, -0.05) is 0 Å². The third-order valence-electron chi connectivity index (χ3n) is 7.26. The maximum absolute atomic E-state index is 5.86. The number of rotatable bonds is 3. The van der Waals surface area contributed by atoms with Crippen LogP contribution in [0.25, 0.3) is 0 Å². The number of piperidine rings is 1. The van der Waals surface area contributed by atoms with Gasteiger partial charge in [0.15, 0.2) is 11.5 Å². The van der Waals surface area contributed by atoms with Gasteiger partial charge in [-0.3, -0.25) is 9.88 Å². The smallest absolute Gasteiger partial charge is 0.161 e. The largest absolute Gasteiger partial charge is 0.486 e. The van der Waals surface area contributed by atoms with E-state index in [1.165, 1.54) is 49.0 Å². The zero-order valence-corrected chi connectivity index (χ0v) is 18.1. The first kappa shape index (κ1) is 18.9. The zero-order valence-electron chi connectivity index (χ0n) is 18.1. The lowest BCUT2D eigenvalue weighted by Gasteiger charge is -2.39. The van der Waals surface area contributed by atoms with E-state index >= 15 is 0 Å². The monoisotopic (exact) mass is 392 g/mol. The minimum atomic E-state index is 0.394. The van der Waals surface area contributed by atoms with Crippen molar-refractivity contribution in [2.75, 3.05) is 26.3 Å². The predicted octanol–water partition coefficient (Wildman–Crippen LogP) is 5.11. The van der Waals surface area contributed by atoms with Crippen LogP contribution >= 0.6 is 0 Å². The summed E-state index contributed by atoms with van der Waals surface area (Å²) in [7, 11) is 0. The molecule has 29 heavy (non-hydrogen) atoms. The van der Waals surface area contributed by atoms with Crippen LogP contribution in [0.5, 0.6) is 11.5 Å². The number of fused-ring (bicyclic) bond motifs is 1. The molecular formula is C25H32N2O2. The van der Waals surface area contributed by atoms with Crippen LogP contribution in [0.1, 0.15) is 66.2 Å². The van der Waals surface area contributed by atoms with E-state index in [2.05, 4.69) is 61.8 Å². The minimum Gasteiger partial charge on any atom is -0.486 e. The van der Waals surface area contributed by atoms with Crippen LogP contribution in [0, 0.1) is 26.2 Å². The van der Waals surface area contributed by atoms with Crippen LogP contribution in [0.15, 0.2) is 24.3 Å². The van der Waals surface area contributed by atoms with E-state index in [1.54, 1.807) is 0 Å². The van der Waals surface area contributed by atoms with Gasteiger partial charge in [-0.25, -0.2) is 0 Å². The van der Waals surface area contributed by atoms with Gasteiger partial charge in [0.25, 0.3) is 0 Å². The summed E-state index contributed by atoms with van der Waals surface area (Å²) in [4.78, 5) is 7.27. The summed E-state index contributed by atoms with van der Waals surface area (Å²) in [5.41, 5.74) is 6.92. The topological polar surface area (TPSA) is 34.6 Å². The molecule has 0 bridgehead atoms. The Morgan fingerprint density at radius 3 is 2.45 bits per heavy atom. The number of nitrogens with zero attached hydrogens (tertiary/aromatic N) is 2. The molecule has 1 saturated heterocycles. The number of hydrogen-bond donors (Lipinski definition) is 0. The van der Waals surface area contributed by atoms with Crippen LogP contribution in [0.3, 0.4) is 0 Å². The summed E-state index contributed by atoms with van der Waals surface area (Å²) in [6.45, 7) is 12.4. The highest BCUT2D eigenvalue weighted by molar-refractivity contribution is 5.48. The second-order valence-electron chi connectivity index (χ2n) is 9.40. The predicted molar refractivity (Wildman–Crippen MR) is 115 cm³/mol. The molecule has 4 nitrogen and oxygen atoms in total. The fourth-order valence-electron chi connectivity index (χ4n) is 5.72. The van der Waals surface area contributed by atoms with Gasteiger partial charge in [-0.05, 0) is 106 Å². The Bertz CT molecular complexity index is 920. The van der Waals surface area contributed by atoms with E-state index in [0.717, 1.165) is 22.9 Å². The quantitative estimate of drug-likeness (QED) is 0.727. The molecule has 2 aliphatic heterocycles. The van der Waals surface area contributed by atoms with Crippen molar-refractivity contribution < 1.29 is 9.47 Å². The summed E-state index contributed by atoms with van der Waals surface area (Å²) in [6.07, 6.45) is 3.95. The molecule has 5 rings (SSSR count). The molecule has 0 radical (unpaired) electrons. The Labute approximate surface area is 174 Å². The van der Waals surface area contributed by atoms with Gasteiger partial charge in [-0.2, -0.15) is 0 Å². The molecule has 1 aliphatic carbocycles. The third kappa shape index (κ3) is 3.42. The highest BCUT2D eigenvalue weighted by Crippen LogP contribution is 2.64. The minimum absolute atomic E-state index is 0.394. The standard InChI is InChI=1S/C25H32N2O2/c1-16-10-23-24(29-9-8-28-23)13-21(16)19(4)27-7-5-6-25(15-27)14-22(25)20-11-17(2)26-18(3)12-20/h10-13,19,22H,5-9,14-15H2,1-4H3/t19?,22-,25?/m0/s1. The zero-order chi connectivity index (χ0) is 20.2. The SMILES string of the molecule is Cc1cc([C@@H]2CC23CCCN(C(C)c2cc4c(cc2C)OCCO4)C3)cc(C)n1.